The maximum atomic E-state index is 12.7. The van der Waals surface area contributed by atoms with Crippen LogP contribution in [-0.4, -0.2) is 9.55 Å². The van der Waals surface area contributed by atoms with Crippen LogP contribution in [-0.2, 0) is 6.54 Å². The molecular weight excluding hydrogens is 409 g/mol. The maximum Gasteiger partial charge on any atom is 0.263 e. The Morgan fingerprint density at radius 1 is 1.27 bits per heavy atom. The van der Waals surface area contributed by atoms with E-state index in [1.54, 1.807) is 16.8 Å². The third kappa shape index (κ3) is 3.12. The fraction of sp³-hybridized carbons (Fsp3) is 0.188. The van der Waals surface area contributed by atoms with E-state index in [1.807, 2.05) is 30.3 Å². The van der Waals surface area contributed by atoms with Gasteiger partial charge in [-0.1, -0.05) is 18.3 Å². The third-order valence-corrected chi connectivity index (χ3v) is 4.90. The van der Waals surface area contributed by atoms with Crippen molar-refractivity contribution in [2.45, 2.75) is 19.9 Å². The summed E-state index contributed by atoms with van der Waals surface area (Å²) in [4.78, 5) is 23.0. The highest BCUT2D eigenvalue weighted by Gasteiger charge is 2.07. The number of rotatable bonds is 3. The molecule has 22 heavy (non-hydrogen) atoms. The molecule has 3 aromatic rings. The lowest BCUT2D eigenvalue weighted by Crippen LogP contribution is -2.31. The summed E-state index contributed by atoms with van der Waals surface area (Å²) in [7, 11) is 0. The van der Waals surface area contributed by atoms with Crippen LogP contribution >= 0.6 is 33.9 Å². The van der Waals surface area contributed by atoms with Crippen LogP contribution in [0.1, 0.15) is 13.3 Å². The number of pyridine rings is 1. The molecule has 112 valence electrons. The highest BCUT2D eigenvalue weighted by molar-refractivity contribution is 14.1. The molecule has 0 aliphatic rings. The maximum absolute atomic E-state index is 12.7. The first-order chi connectivity index (χ1) is 10.7. The van der Waals surface area contributed by atoms with Gasteiger partial charge < -0.3 is 0 Å². The van der Waals surface area contributed by atoms with Crippen LogP contribution in [0, 0.1) is 3.57 Å². The van der Waals surface area contributed by atoms with Crippen molar-refractivity contribution in [2.24, 2.45) is 4.99 Å². The van der Waals surface area contributed by atoms with Crippen molar-refractivity contribution < 1.29 is 0 Å². The van der Waals surface area contributed by atoms with E-state index in [0.29, 0.717) is 16.7 Å². The zero-order valence-corrected chi connectivity index (χ0v) is 15.0. The average Bonchev–Trinajstić information content (AvgIpc) is 2.53. The molecule has 6 heteroatoms. The van der Waals surface area contributed by atoms with E-state index < -0.39 is 0 Å². The minimum absolute atomic E-state index is 0.0204. The van der Waals surface area contributed by atoms with Gasteiger partial charge >= 0.3 is 0 Å². The van der Waals surface area contributed by atoms with Crippen LogP contribution < -0.4 is 10.4 Å². The Hall–Kier alpha value is -1.54. The Bertz CT molecular complexity index is 929. The van der Waals surface area contributed by atoms with Crippen LogP contribution in [0.3, 0.4) is 0 Å². The van der Waals surface area contributed by atoms with Gasteiger partial charge in [-0.05, 0) is 65.4 Å². The number of benzene rings is 1. The van der Waals surface area contributed by atoms with Crippen molar-refractivity contribution in [2.75, 3.05) is 0 Å². The molecule has 0 fully saturated rings. The number of hydrogen-bond donors (Lipinski definition) is 0. The lowest BCUT2D eigenvalue weighted by Gasteiger charge is -2.06. The molecule has 0 N–H and O–H groups in total. The second-order valence-electron chi connectivity index (χ2n) is 4.79. The summed E-state index contributed by atoms with van der Waals surface area (Å²) in [6.07, 6.45) is 2.59. The minimum atomic E-state index is -0.0204. The molecule has 0 saturated carbocycles. The summed E-state index contributed by atoms with van der Waals surface area (Å²) in [5.74, 6) is 0. The predicted molar refractivity (Wildman–Crippen MR) is 98.6 cm³/mol. The van der Waals surface area contributed by atoms with Crippen LogP contribution in [0.2, 0.25) is 0 Å². The van der Waals surface area contributed by atoms with E-state index in [1.165, 1.54) is 11.3 Å². The normalized spacial score (nSPS) is 12.0. The molecule has 0 atom stereocenters. The van der Waals surface area contributed by atoms with E-state index in [9.17, 15) is 4.79 Å². The van der Waals surface area contributed by atoms with E-state index in [4.69, 9.17) is 0 Å². The smallest absolute Gasteiger partial charge is 0.263 e. The molecule has 0 aliphatic heterocycles. The number of fused-ring (bicyclic) bond motifs is 1. The van der Waals surface area contributed by atoms with Gasteiger partial charge in [0.15, 0.2) is 4.80 Å². The van der Waals surface area contributed by atoms with Crippen LogP contribution in [0.15, 0.2) is 52.4 Å². The highest BCUT2D eigenvalue weighted by atomic mass is 127. The van der Waals surface area contributed by atoms with Gasteiger partial charge in [-0.15, -0.1) is 0 Å². The van der Waals surface area contributed by atoms with Gasteiger partial charge in [0.1, 0.15) is 4.83 Å². The Morgan fingerprint density at radius 2 is 2.05 bits per heavy atom. The van der Waals surface area contributed by atoms with Crippen LogP contribution in [0.4, 0.5) is 5.69 Å². The highest BCUT2D eigenvalue weighted by Crippen LogP contribution is 2.14. The van der Waals surface area contributed by atoms with Crippen LogP contribution in [0.5, 0.6) is 0 Å². The van der Waals surface area contributed by atoms with Gasteiger partial charge in [-0.25, -0.2) is 9.98 Å². The summed E-state index contributed by atoms with van der Waals surface area (Å²) in [5, 5.41) is 0.655. The molecular formula is C16H14IN3OS. The van der Waals surface area contributed by atoms with Gasteiger partial charge in [0.2, 0.25) is 0 Å². The van der Waals surface area contributed by atoms with Gasteiger partial charge in [0.05, 0.1) is 11.1 Å². The summed E-state index contributed by atoms with van der Waals surface area (Å²) in [5.41, 5.74) is 0.823. The lowest BCUT2D eigenvalue weighted by molar-refractivity contribution is 0.640. The third-order valence-electron chi connectivity index (χ3n) is 3.16. The van der Waals surface area contributed by atoms with E-state index in [0.717, 1.165) is 20.5 Å². The van der Waals surface area contributed by atoms with Gasteiger partial charge in [-0.2, -0.15) is 0 Å². The second-order valence-corrected chi connectivity index (χ2v) is 6.99. The Labute approximate surface area is 145 Å². The zero-order chi connectivity index (χ0) is 15.5. The van der Waals surface area contributed by atoms with Crippen molar-refractivity contribution in [1.29, 1.82) is 0 Å². The topological polar surface area (TPSA) is 47.2 Å². The minimum Gasteiger partial charge on any atom is -0.284 e. The summed E-state index contributed by atoms with van der Waals surface area (Å²) < 4.78 is 2.90. The summed E-state index contributed by atoms with van der Waals surface area (Å²) in [6.45, 7) is 2.71. The second kappa shape index (κ2) is 6.70. The Balaban J connectivity index is 2.29. The monoisotopic (exact) mass is 423 g/mol. The van der Waals surface area contributed by atoms with Crippen molar-refractivity contribution in [3.8, 4) is 0 Å². The van der Waals surface area contributed by atoms with Gasteiger partial charge in [0.25, 0.3) is 5.56 Å². The molecule has 2 heterocycles. The fourth-order valence-corrected chi connectivity index (χ4v) is 3.49. The molecule has 0 aliphatic carbocycles. The van der Waals surface area contributed by atoms with Crippen molar-refractivity contribution in [3.05, 3.63) is 61.3 Å². The molecule has 1 aromatic carbocycles. The Kier molecular flexibility index (Phi) is 4.68. The van der Waals surface area contributed by atoms with Gasteiger partial charge in [0, 0.05) is 16.3 Å². The van der Waals surface area contributed by atoms with Gasteiger partial charge in [-0.3, -0.25) is 9.36 Å². The first-order valence-electron chi connectivity index (χ1n) is 6.98. The predicted octanol–water partition coefficient (Wildman–Crippen LogP) is 3.71. The first kappa shape index (κ1) is 15.4. The largest absolute Gasteiger partial charge is 0.284 e. The molecule has 0 unspecified atom stereocenters. The number of aromatic nitrogens is 2. The molecule has 4 nitrogen and oxygen atoms in total. The molecule has 0 spiro atoms. The van der Waals surface area contributed by atoms with Crippen molar-refractivity contribution in [3.63, 3.8) is 0 Å². The molecule has 0 amide bonds. The molecule has 2 aromatic heterocycles. The number of halogens is 1. The summed E-state index contributed by atoms with van der Waals surface area (Å²) in [6, 6.07) is 11.5. The van der Waals surface area contributed by atoms with E-state index in [-0.39, 0.29) is 5.56 Å². The quantitative estimate of drug-likeness (QED) is 0.604. The number of nitrogens with zero attached hydrogens (tertiary/aromatic N) is 3. The molecule has 0 bridgehead atoms. The zero-order valence-electron chi connectivity index (χ0n) is 12.0. The fourth-order valence-electron chi connectivity index (χ4n) is 2.14. The van der Waals surface area contributed by atoms with E-state index in [2.05, 4.69) is 39.5 Å². The van der Waals surface area contributed by atoms with Crippen LogP contribution in [0.25, 0.3) is 10.2 Å². The first-order valence-corrected chi connectivity index (χ1v) is 8.87. The van der Waals surface area contributed by atoms with E-state index >= 15 is 0 Å². The summed E-state index contributed by atoms with van der Waals surface area (Å²) >= 11 is 3.71. The standard InChI is InChI=1S/C16H14IN3OS/c1-2-10-20-15(21)13-4-3-9-18-14(13)22-16(20)19-12-7-5-11(17)6-8-12/h3-9H,2,10H2,1H3. The SMILES string of the molecule is CCCn1c(=Nc2ccc(I)cc2)sc2ncccc2c1=O. The molecule has 0 saturated heterocycles. The Morgan fingerprint density at radius 3 is 2.77 bits per heavy atom. The number of hydrogen-bond acceptors (Lipinski definition) is 4. The molecule has 0 radical (unpaired) electrons. The average molecular weight is 423 g/mol. The van der Waals surface area contributed by atoms with Crippen molar-refractivity contribution in [1.82, 2.24) is 9.55 Å². The molecule has 3 rings (SSSR count). The van der Waals surface area contributed by atoms with Crippen molar-refractivity contribution >= 4 is 49.8 Å². The lowest BCUT2D eigenvalue weighted by atomic mass is 10.3.